The molecule has 116 valence electrons. The molecule has 0 fully saturated rings. The van der Waals surface area contributed by atoms with Crippen LogP contribution in [-0.4, -0.2) is 47.8 Å². The summed E-state index contributed by atoms with van der Waals surface area (Å²) in [4.78, 5) is 25.0. The summed E-state index contributed by atoms with van der Waals surface area (Å²) in [6.45, 7) is 8.45. The molecule has 0 atom stereocenters. The Morgan fingerprint density at radius 1 is 1.29 bits per heavy atom. The third-order valence-corrected chi connectivity index (χ3v) is 2.74. The van der Waals surface area contributed by atoms with Crippen molar-refractivity contribution in [2.75, 3.05) is 24.6 Å². The van der Waals surface area contributed by atoms with Crippen molar-refractivity contribution in [2.24, 2.45) is 0 Å². The van der Waals surface area contributed by atoms with Gasteiger partial charge in [-0.3, -0.25) is 9.59 Å². The molecule has 1 aromatic rings. The Kier molecular flexibility index (Phi) is 6.58. The first-order chi connectivity index (χ1) is 9.99. The summed E-state index contributed by atoms with van der Waals surface area (Å²) in [7, 11) is 0. The number of esters is 1. The van der Waals surface area contributed by atoms with Crippen molar-refractivity contribution in [2.45, 2.75) is 33.7 Å². The van der Waals surface area contributed by atoms with E-state index in [1.807, 2.05) is 20.8 Å². The molecule has 0 unspecified atom stereocenters. The van der Waals surface area contributed by atoms with Crippen LogP contribution in [0.3, 0.4) is 0 Å². The summed E-state index contributed by atoms with van der Waals surface area (Å²) < 4.78 is 4.95. The Labute approximate surface area is 124 Å². The zero-order chi connectivity index (χ0) is 15.8. The van der Waals surface area contributed by atoms with Gasteiger partial charge >= 0.3 is 5.97 Å². The van der Waals surface area contributed by atoms with Crippen molar-refractivity contribution in [3.05, 3.63) is 17.8 Å². The summed E-state index contributed by atoms with van der Waals surface area (Å²) in [5.41, 5.74) is 0.250. The van der Waals surface area contributed by atoms with Gasteiger partial charge in [0.05, 0.1) is 6.61 Å². The van der Waals surface area contributed by atoms with E-state index in [2.05, 4.69) is 15.5 Å². The van der Waals surface area contributed by atoms with Crippen LogP contribution >= 0.6 is 0 Å². The molecule has 0 aromatic carbocycles. The Hall–Kier alpha value is -2.18. The van der Waals surface area contributed by atoms with Gasteiger partial charge in [-0.1, -0.05) is 0 Å². The maximum atomic E-state index is 11.6. The van der Waals surface area contributed by atoms with E-state index in [4.69, 9.17) is 4.74 Å². The molecule has 0 aliphatic rings. The smallest absolute Gasteiger partial charge is 0.325 e. The second kappa shape index (κ2) is 8.18. The number of anilines is 1. The zero-order valence-electron chi connectivity index (χ0n) is 12.9. The number of ether oxygens (including phenoxy) is 1. The number of nitrogens with zero attached hydrogens (tertiary/aromatic N) is 3. The van der Waals surface area contributed by atoms with Crippen molar-refractivity contribution in [3.63, 3.8) is 0 Å². The molecule has 21 heavy (non-hydrogen) atoms. The number of carbonyl (C=O) groups is 2. The largest absolute Gasteiger partial charge is 0.465 e. The van der Waals surface area contributed by atoms with Crippen LogP contribution in [0.1, 0.15) is 38.2 Å². The molecule has 0 radical (unpaired) electrons. The van der Waals surface area contributed by atoms with E-state index in [9.17, 15) is 9.59 Å². The minimum Gasteiger partial charge on any atom is -0.465 e. The number of hydrogen-bond acceptors (Lipinski definition) is 6. The van der Waals surface area contributed by atoms with Gasteiger partial charge in [0.1, 0.15) is 6.54 Å². The predicted octanol–water partition coefficient (Wildman–Crippen LogP) is 1.00. The average molecular weight is 294 g/mol. The van der Waals surface area contributed by atoms with Gasteiger partial charge in [0.15, 0.2) is 11.5 Å². The van der Waals surface area contributed by atoms with Gasteiger partial charge in [0, 0.05) is 12.6 Å². The van der Waals surface area contributed by atoms with E-state index >= 15 is 0 Å². The summed E-state index contributed by atoms with van der Waals surface area (Å²) in [6.07, 6.45) is 0. The van der Waals surface area contributed by atoms with Gasteiger partial charge in [-0.2, -0.15) is 0 Å². The van der Waals surface area contributed by atoms with Crippen molar-refractivity contribution >= 4 is 17.7 Å². The molecule has 0 aliphatic heterocycles. The highest BCUT2D eigenvalue weighted by Crippen LogP contribution is 2.13. The highest BCUT2D eigenvalue weighted by molar-refractivity contribution is 5.92. The van der Waals surface area contributed by atoms with E-state index in [-0.39, 0.29) is 30.2 Å². The first-order valence-corrected chi connectivity index (χ1v) is 7.03. The molecule has 1 aromatic heterocycles. The molecule has 0 saturated heterocycles. The molecule has 0 bridgehead atoms. The Morgan fingerprint density at radius 3 is 2.48 bits per heavy atom. The normalized spacial score (nSPS) is 10.3. The van der Waals surface area contributed by atoms with Gasteiger partial charge in [0.2, 0.25) is 0 Å². The summed E-state index contributed by atoms with van der Waals surface area (Å²) in [6, 6.07) is 3.32. The number of carbonyl (C=O) groups excluding carboxylic acids is 2. The van der Waals surface area contributed by atoms with E-state index < -0.39 is 0 Å². The SMILES string of the molecule is CCNC(=O)c1ccc(N(CC(=O)OCC)C(C)C)nn1. The fraction of sp³-hybridized carbons (Fsp3) is 0.571. The fourth-order valence-corrected chi connectivity index (χ4v) is 1.72. The lowest BCUT2D eigenvalue weighted by Crippen LogP contribution is -2.37. The minimum absolute atomic E-state index is 0.0547. The molecule has 0 spiro atoms. The predicted molar refractivity (Wildman–Crippen MR) is 79.2 cm³/mol. The lowest BCUT2D eigenvalue weighted by atomic mass is 10.3. The van der Waals surface area contributed by atoms with Gasteiger partial charge in [-0.15, -0.1) is 10.2 Å². The van der Waals surface area contributed by atoms with Crippen LogP contribution in [0.15, 0.2) is 12.1 Å². The van der Waals surface area contributed by atoms with Gasteiger partial charge in [-0.25, -0.2) is 0 Å². The molecule has 7 nitrogen and oxygen atoms in total. The third-order valence-electron chi connectivity index (χ3n) is 2.74. The summed E-state index contributed by atoms with van der Waals surface area (Å²) in [5.74, 6) is -0.0510. The van der Waals surface area contributed by atoms with Crippen LogP contribution < -0.4 is 10.2 Å². The number of amides is 1. The van der Waals surface area contributed by atoms with Crippen LogP contribution in [0.5, 0.6) is 0 Å². The second-order valence-electron chi connectivity index (χ2n) is 4.66. The molecular weight excluding hydrogens is 272 g/mol. The maximum Gasteiger partial charge on any atom is 0.325 e. The standard InChI is InChI=1S/C14H22N4O3/c1-5-15-14(20)11-7-8-12(17-16-11)18(10(3)4)9-13(19)21-6-2/h7-8,10H,5-6,9H2,1-4H3,(H,15,20). The van der Waals surface area contributed by atoms with Crippen LogP contribution in [-0.2, 0) is 9.53 Å². The fourth-order valence-electron chi connectivity index (χ4n) is 1.72. The molecule has 0 aliphatic carbocycles. The third kappa shape index (κ3) is 5.02. The number of rotatable bonds is 7. The van der Waals surface area contributed by atoms with E-state index in [1.54, 1.807) is 24.0 Å². The second-order valence-corrected chi connectivity index (χ2v) is 4.66. The molecule has 7 heteroatoms. The topological polar surface area (TPSA) is 84.4 Å². The highest BCUT2D eigenvalue weighted by Gasteiger charge is 2.18. The van der Waals surface area contributed by atoms with Crippen LogP contribution in [0.4, 0.5) is 5.82 Å². The average Bonchev–Trinajstić information content (AvgIpc) is 2.45. The molecular formula is C14H22N4O3. The monoisotopic (exact) mass is 294 g/mol. The van der Waals surface area contributed by atoms with Crippen molar-refractivity contribution in [3.8, 4) is 0 Å². The van der Waals surface area contributed by atoms with Crippen molar-refractivity contribution in [1.29, 1.82) is 0 Å². The number of hydrogen-bond donors (Lipinski definition) is 1. The van der Waals surface area contributed by atoms with Crippen LogP contribution in [0, 0.1) is 0 Å². The van der Waals surface area contributed by atoms with Gasteiger partial charge in [-0.05, 0) is 39.8 Å². The lowest BCUT2D eigenvalue weighted by Gasteiger charge is -2.26. The van der Waals surface area contributed by atoms with E-state index in [0.29, 0.717) is 19.0 Å². The molecule has 1 amide bonds. The van der Waals surface area contributed by atoms with Crippen molar-refractivity contribution < 1.29 is 14.3 Å². The molecule has 1 heterocycles. The minimum atomic E-state index is -0.319. The molecule has 0 saturated carbocycles. The van der Waals surface area contributed by atoms with Crippen LogP contribution in [0.2, 0.25) is 0 Å². The first kappa shape index (κ1) is 16.9. The zero-order valence-corrected chi connectivity index (χ0v) is 12.9. The summed E-state index contributed by atoms with van der Waals surface area (Å²) >= 11 is 0. The Balaban J connectivity index is 2.84. The Morgan fingerprint density at radius 2 is 2.00 bits per heavy atom. The van der Waals surface area contributed by atoms with Crippen LogP contribution in [0.25, 0.3) is 0 Å². The Bertz CT molecular complexity index is 474. The number of nitrogens with one attached hydrogen (secondary N) is 1. The lowest BCUT2D eigenvalue weighted by molar-refractivity contribution is -0.141. The molecule has 1 N–H and O–H groups in total. The van der Waals surface area contributed by atoms with E-state index in [0.717, 1.165) is 0 Å². The first-order valence-electron chi connectivity index (χ1n) is 7.03. The highest BCUT2D eigenvalue weighted by atomic mass is 16.5. The quantitative estimate of drug-likeness (QED) is 0.755. The number of aromatic nitrogens is 2. The van der Waals surface area contributed by atoms with Crippen molar-refractivity contribution in [1.82, 2.24) is 15.5 Å². The van der Waals surface area contributed by atoms with Gasteiger partial charge in [0.25, 0.3) is 5.91 Å². The molecule has 1 rings (SSSR count). The summed E-state index contributed by atoms with van der Waals surface area (Å²) in [5, 5.41) is 10.6. The maximum absolute atomic E-state index is 11.6. The van der Waals surface area contributed by atoms with E-state index in [1.165, 1.54) is 0 Å². The van der Waals surface area contributed by atoms with Gasteiger partial charge < -0.3 is 15.0 Å².